The molecule has 25 heavy (non-hydrogen) atoms. The molecule has 10 heteroatoms. The minimum atomic E-state index is -0.746. The van der Waals surface area contributed by atoms with Crippen molar-refractivity contribution in [2.45, 2.75) is 0 Å². The van der Waals surface area contributed by atoms with Crippen molar-refractivity contribution in [2.24, 2.45) is 12.8 Å². The van der Waals surface area contributed by atoms with Crippen LogP contribution >= 0.6 is 22.6 Å². The summed E-state index contributed by atoms with van der Waals surface area (Å²) >= 11 is 1.97. The molecule has 0 aliphatic heterocycles. The third-order valence-electron chi connectivity index (χ3n) is 3.27. The fraction of sp³-hybridized carbons (Fsp3) is 0.200. The lowest BCUT2D eigenvalue weighted by Crippen LogP contribution is -2.25. The third-order valence-corrected chi connectivity index (χ3v) is 3.94. The first-order valence-electron chi connectivity index (χ1n) is 7.09. The molecule has 2 aromatic rings. The molecule has 2 amide bonds. The molecule has 1 aromatic heterocycles. The number of rotatable bonds is 7. The predicted octanol–water partition coefficient (Wildman–Crippen LogP) is 1.26. The normalized spacial score (nSPS) is 10.6. The molecule has 0 saturated carbocycles. The van der Waals surface area contributed by atoms with Crippen molar-refractivity contribution in [1.82, 2.24) is 10.0 Å². The van der Waals surface area contributed by atoms with Crippen molar-refractivity contribution in [3.05, 3.63) is 44.9 Å². The van der Waals surface area contributed by atoms with Gasteiger partial charge in [-0.3, -0.25) is 14.4 Å². The first kappa shape index (κ1) is 19.1. The molecule has 2 rings (SSSR count). The maximum Gasteiger partial charge on any atom is 0.278 e. The van der Waals surface area contributed by atoms with Crippen molar-refractivity contribution in [1.29, 1.82) is 0 Å². The second kappa shape index (κ2) is 8.27. The van der Waals surface area contributed by atoms with Crippen LogP contribution in [0.3, 0.4) is 0 Å². The van der Waals surface area contributed by atoms with E-state index in [2.05, 4.69) is 10.8 Å². The van der Waals surface area contributed by atoms with E-state index in [1.165, 1.54) is 29.8 Å². The van der Waals surface area contributed by atoms with E-state index in [9.17, 15) is 14.0 Å². The average molecular weight is 462 g/mol. The predicted molar refractivity (Wildman–Crippen MR) is 96.8 cm³/mol. The number of hydrogen-bond acceptors (Lipinski definition) is 5. The summed E-state index contributed by atoms with van der Waals surface area (Å²) < 4.78 is 16.2. The van der Waals surface area contributed by atoms with Crippen LogP contribution in [-0.4, -0.2) is 34.7 Å². The van der Waals surface area contributed by atoms with Gasteiger partial charge in [0.2, 0.25) is 0 Å². The van der Waals surface area contributed by atoms with Gasteiger partial charge in [0.15, 0.2) is 0 Å². The molecule has 1 aromatic carbocycles. The summed E-state index contributed by atoms with van der Waals surface area (Å²) in [6, 6.07) is 5.80. The van der Waals surface area contributed by atoms with Gasteiger partial charge in [-0.15, -0.1) is 0 Å². The van der Waals surface area contributed by atoms with E-state index in [1.807, 2.05) is 22.6 Å². The summed E-state index contributed by atoms with van der Waals surface area (Å²) in [5, 5.41) is 11.5. The lowest BCUT2D eigenvalue weighted by Gasteiger charge is -2.12. The fourth-order valence-corrected chi connectivity index (χ4v) is 2.55. The number of nitrogens with two attached hydrogens (primary N) is 1. The van der Waals surface area contributed by atoms with Gasteiger partial charge >= 0.3 is 0 Å². The summed E-state index contributed by atoms with van der Waals surface area (Å²) in [5.74, 6) is -1.77. The van der Waals surface area contributed by atoms with E-state index in [-0.39, 0.29) is 36.0 Å². The molecule has 8 nitrogen and oxygen atoms in total. The van der Waals surface area contributed by atoms with Gasteiger partial charge in [0.25, 0.3) is 11.8 Å². The molecule has 134 valence electrons. The largest absolute Gasteiger partial charge is 0.394 e. The lowest BCUT2D eigenvalue weighted by molar-refractivity contribution is 0.0169. The molecule has 0 unspecified atom stereocenters. The minimum Gasteiger partial charge on any atom is -0.394 e. The molecular weight excluding hydrogens is 446 g/mol. The number of benzene rings is 1. The highest BCUT2D eigenvalue weighted by molar-refractivity contribution is 14.1. The van der Waals surface area contributed by atoms with Gasteiger partial charge in [-0.2, -0.15) is 0 Å². The molecule has 1 heterocycles. The number of amides is 2. The Morgan fingerprint density at radius 2 is 2.12 bits per heavy atom. The summed E-state index contributed by atoms with van der Waals surface area (Å²) in [5.41, 5.74) is 7.65. The van der Waals surface area contributed by atoms with Gasteiger partial charge in [0.05, 0.1) is 24.5 Å². The maximum absolute atomic E-state index is 14.1. The lowest BCUT2D eigenvalue weighted by atomic mass is 10.2. The zero-order valence-corrected chi connectivity index (χ0v) is 15.3. The molecule has 0 aliphatic rings. The second-order valence-corrected chi connectivity index (χ2v) is 6.21. The number of halogens is 2. The molecule has 0 spiro atoms. The Hall–Kier alpha value is -2.18. The van der Waals surface area contributed by atoms with Crippen LogP contribution in [0.5, 0.6) is 0 Å². The molecule has 0 aliphatic carbocycles. The number of carbonyl (C=O) groups excluding carboxylic acids is 2. The van der Waals surface area contributed by atoms with Crippen molar-refractivity contribution >= 4 is 45.9 Å². The highest BCUT2D eigenvalue weighted by Gasteiger charge is 2.22. The number of hydroxylamine groups is 1. The third kappa shape index (κ3) is 4.46. The van der Waals surface area contributed by atoms with Gasteiger partial charge in [-0.1, -0.05) is 0 Å². The van der Waals surface area contributed by atoms with E-state index in [0.29, 0.717) is 3.57 Å². The number of carbonyl (C=O) groups is 2. The summed E-state index contributed by atoms with van der Waals surface area (Å²) in [4.78, 5) is 28.6. The average Bonchev–Trinajstić information content (AvgIpc) is 2.87. The van der Waals surface area contributed by atoms with Crippen LogP contribution in [0.2, 0.25) is 0 Å². The molecule has 0 radical (unpaired) electrons. The number of primary amides is 1. The van der Waals surface area contributed by atoms with E-state index in [0.717, 1.165) is 0 Å². The molecule has 0 bridgehead atoms. The monoisotopic (exact) mass is 462 g/mol. The first-order chi connectivity index (χ1) is 11.8. The Morgan fingerprint density at radius 1 is 1.40 bits per heavy atom. The number of aromatic nitrogens is 1. The van der Waals surface area contributed by atoms with Crippen LogP contribution in [0.4, 0.5) is 15.9 Å². The number of hydrogen-bond donors (Lipinski definition) is 4. The van der Waals surface area contributed by atoms with Crippen LogP contribution in [0.1, 0.15) is 20.8 Å². The van der Waals surface area contributed by atoms with Crippen LogP contribution < -0.4 is 16.5 Å². The van der Waals surface area contributed by atoms with E-state index >= 15 is 0 Å². The zero-order valence-electron chi connectivity index (χ0n) is 13.2. The van der Waals surface area contributed by atoms with Gasteiger partial charge in [-0.25, -0.2) is 9.87 Å². The Kier molecular flexibility index (Phi) is 6.33. The quantitative estimate of drug-likeness (QED) is 0.281. The number of nitrogens with one attached hydrogen (secondary N) is 2. The summed E-state index contributed by atoms with van der Waals surface area (Å²) in [7, 11) is 1.51. The van der Waals surface area contributed by atoms with E-state index < -0.39 is 17.6 Å². The Bertz CT molecular complexity index is 809. The first-order valence-corrected chi connectivity index (χ1v) is 8.17. The molecule has 0 atom stereocenters. The number of nitrogens with zero attached hydrogens (tertiary/aromatic N) is 1. The summed E-state index contributed by atoms with van der Waals surface area (Å²) in [6.07, 6.45) is 0. The second-order valence-electron chi connectivity index (χ2n) is 4.97. The highest BCUT2D eigenvalue weighted by atomic mass is 127. The van der Waals surface area contributed by atoms with Gasteiger partial charge in [0.1, 0.15) is 17.3 Å². The van der Waals surface area contributed by atoms with Crippen LogP contribution in [0, 0.1) is 9.39 Å². The van der Waals surface area contributed by atoms with Crippen molar-refractivity contribution in [3.63, 3.8) is 0 Å². The van der Waals surface area contributed by atoms with Crippen molar-refractivity contribution in [2.75, 3.05) is 18.5 Å². The van der Waals surface area contributed by atoms with Gasteiger partial charge in [-0.05, 0) is 46.9 Å². The number of anilines is 2. The Labute approximate surface area is 156 Å². The standard InChI is InChI=1S/C15H16FIN4O4/c1-21-12(13(18)23)7-9(15(24)20-25-5-4-22)14(21)19-11-3-2-8(17)6-10(11)16/h2-3,6-7,19,22H,4-5H2,1H3,(H2,18,23)(H,20,24). The van der Waals surface area contributed by atoms with Gasteiger partial charge < -0.3 is 20.7 Å². The SMILES string of the molecule is Cn1c(C(N)=O)cc(C(=O)NOCCO)c1Nc1ccc(I)cc1F. The van der Waals surface area contributed by atoms with Crippen molar-refractivity contribution in [3.8, 4) is 0 Å². The van der Waals surface area contributed by atoms with Crippen LogP contribution in [-0.2, 0) is 11.9 Å². The van der Waals surface area contributed by atoms with Crippen molar-refractivity contribution < 1.29 is 23.9 Å². The maximum atomic E-state index is 14.1. The van der Waals surface area contributed by atoms with E-state index in [1.54, 1.807) is 6.07 Å². The fourth-order valence-electron chi connectivity index (χ4n) is 2.10. The topological polar surface area (TPSA) is 119 Å². The van der Waals surface area contributed by atoms with E-state index in [4.69, 9.17) is 15.7 Å². The van der Waals surface area contributed by atoms with Gasteiger partial charge in [0, 0.05) is 10.6 Å². The number of aliphatic hydroxyl groups excluding tert-OH is 1. The molecule has 0 fully saturated rings. The van der Waals surface area contributed by atoms with Crippen LogP contribution in [0.25, 0.3) is 0 Å². The Balaban J connectivity index is 2.40. The molecule has 5 N–H and O–H groups in total. The smallest absolute Gasteiger partial charge is 0.278 e. The number of aliphatic hydroxyl groups is 1. The Morgan fingerprint density at radius 3 is 2.72 bits per heavy atom. The highest BCUT2D eigenvalue weighted by Crippen LogP contribution is 2.27. The van der Waals surface area contributed by atoms with Crippen LogP contribution in [0.15, 0.2) is 24.3 Å². The summed E-state index contributed by atoms with van der Waals surface area (Å²) in [6.45, 7) is -0.379. The molecular formula is C15H16FIN4O4. The molecule has 0 saturated heterocycles. The zero-order chi connectivity index (χ0) is 18.6. The minimum absolute atomic E-state index is 0.0344.